The van der Waals surface area contributed by atoms with Gasteiger partial charge >= 0.3 is 0 Å². The van der Waals surface area contributed by atoms with Crippen LogP contribution in [0, 0.1) is 12.8 Å². The second-order valence-electron chi connectivity index (χ2n) is 6.22. The molecule has 0 N–H and O–H groups in total. The van der Waals surface area contributed by atoms with Gasteiger partial charge < -0.3 is 4.90 Å². The summed E-state index contributed by atoms with van der Waals surface area (Å²) in [6, 6.07) is 7.86. The van der Waals surface area contributed by atoms with Gasteiger partial charge in [0, 0.05) is 25.2 Å². The standard InChI is InChI=1S/C17H28N2O/c1-14(2)12-19(10-9-18(4)5)13-17(20)16-8-6-7-15(3)11-16/h6-8,11,14H,9-10,12-13H2,1-5H3. The summed E-state index contributed by atoms with van der Waals surface area (Å²) in [4.78, 5) is 16.8. The lowest BCUT2D eigenvalue weighted by molar-refractivity contribution is 0.0916. The molecule has 0 aliphatic rings. The van der Waals surface area contributed by atoms with Crippen molar-refractivity contribution in [2.75, 3.05) is 40.3 Å². The Labute approximate surface area is 123 Å². The topological polar surface area (TPSA) is 23.6 Å². The van der Waals surface area contributed by atoms with Crippen molar-refractivity contribution in [3.63, 3.8) is 0 Å². The molecule has 1 aromatic carbocycles. The molecule has 20 heavy (non-hydrogen) atoms. The van der Waals surface area contributed by atoms with Gasteiger partial charge in [-0.3, -0.25) is 9.69 Å². The number of likely N-dealkylation sites (N-methyl/N-ethyl adjacent to an activating group) is 1. The molecule has 0 saturated heterocycles. The minimum atomic E-state index is 0.216. The van der Waals surface area contributed by atoms with Crippen molar-refractivity contribution in [2.24, 2.45) is 5.92 Å². The van der Waals surface area contributed by atoms with Gasteiger partial charge in [-0.2, -0.15) is 0 Å². The van der Waals surface area contributed by atoms with Crippen LogP contribution in [0.25, 0.3) is 0 Å². The summed E-state index contributed by atoms with van der Waals surface area (Å²) >= 11 is 0. The smallest absolute Gasteiger partial charge is 0.176 e. The number of carbonyl (C=O) groups is 1. The van der Waals surface area contributed by atoms with E-state index in [9.17, 15) is 4.79 Å². The molecule has 3 nitrogen and oxygen atoms in total. The highest BCUT2D eigenvalue weighted by molar-refractivity contribution is 5.97. The highest BCUT2D eigenvalue weighted by Gasteiger charge is 2.14. The van der Waals surface area contributed by atoms with E-state index in [0.717, 1.165) is 30.8 Å². The highest BCUT2D eigenvalue weighted by atomic mass is 16.1. The van der Waals surface area contributed by atoms with Crippen LogP contribution < -0.4 is 0 Å². The van der Waals surface area contributed by atoms with Crippen LogP contribution in [-0.4, -0.2) is 55.9 Å². The Morgan fingerprint density at radius 2 is 1.90 bits per heavy atom. The summed E-state index contributed by atoms with van der Waals surface area (Å²) < 4.78 is 0. The molecule has 1 rings (SSSR count). The summed E-state index contributed by atoms with van der Waals surface area (Å²) in [7, 11) is 4.13. The lowest BCUT2D eigenvalue weighted by Gasteiger charge is -2.25. The van der Waals surface area contributed by atoms with Gasteiger partial charge in [0.05, 0.1) is 6.54 Å². The summed E-state index contributed by atoms with van der Waals surface area (Å²) in [5.41, 5.74) is 1.96. The normalized spacial score (nSPS) is 11.6. The SMILES string of the molecule is Cc1cccc(C(=O)CN(CCN(C)C)CC(C)C)c1. The van der Waals surface area contributed by atoms with Crippen molar-refractivity contribution in [3.8, 4) is 0 Å². The van der Waals surface area contributed by atoms with E-state index in [1.807, 2.05) is 31.2 Å². The largest absolute Gasteiger partial charge is 0.308 e. The molecule has 0 bridgehead atoms. The van der Waals surface area contributed by atoms with Gasteiger partial charge in [0.15, 0.2) is 5.78 Å². The van der Waals surface area contributed by atoms with E-state index in [1.165, 1.54) is 0 Å². The number of Topliss-reactive ketones (excluding diaryl/α,β-unsaturated/α-hetero) is 1. The molecule has 0 aromatic heterocycles. The molecule has 0 aliphatic heterocycles. The van der Waals surface area contributed by atoms with E-state index < -0.39 is 0 Å². The van der Waals surface area contributed by atoms with Crippen LogP contribution >= 0.6 is 0 Å². The number of nitrogens with zero attached hydrogens (tertiary/aromatic N) is 2. The minimum absolute atomic E-state index is 0.216. The fourth-order valence-electron chi connectivity index (χ4n) is 2.21. The van der Waals surface area contributed by atoms with Gasteiger partial charge in [0.2, 0.25) is 0 Å². The van der Waals surface area contributed by atoms with Crippen molar-refractivity contribution < 1.29 is 4.79 Å². The summed E-state index contributed by atoms with van der Waals surface area (Å²) in [6.07, 6.45) is 0. The van der Waals surface area contributed by atoms with Crippen molar-refractivity contribution in [1.29, 1.82) is 0 Å². The second kappa shape index (κ2) is 8.18. The van der Waals surface area contributed by atoms with Crippen LogP contribution in [0.5, 0.6) is 0 Å². The average Bonchev–Trinajstić information content (AvgIpc) is 2.35. The molecule has 1 aromatic rings. The predicted molar refractivity (Wildman–Crippen MR) is 85.3 cm³/mol. The average molecular weight is 276 g/mol. The maximum absolute atomic E-state index is 12.4. The van der Waals surface area contributed by atoms with Crippen molar-refractivity contribution in [1.82, 2.24) is 9.80 Å². The Hall–Kier alpha value is -1.19. The first-order chi connectivity index (χ1) is 9.38. The van der Waals surface area contributed by atoms with Crippen LogP contribution in [0.4, 0.5) is 0 Å². The van der Waals surface area contributed by atoms with Gasteiger partial charge in [-0.05, 0) is 33.0 Å². The summed E-state index contributed by atoms with van der Waals surface area (Å²) in [6.45, 7) is 9.80. The molecule has 0 spiro atoms. The van der Waals surface area contributed by atoms with E-state index in [-0.39, 0.29) is 5.78 Å². The van der Waals surface area contributed by atoms with Gasteiger partial charge in [-0.15, -0.1) is 0 Å². The van der Waals surface area contributed by atoms with Gasteiger partial charge in [-0.25, -0.2) is 0 Å². The second-order valence-corrected chi connectivity index (χ2v) is 6.22. The molecule has 0 radical (unpaired) electrons. The van der Waals surface area contributed by atoms with Crippen LogP contribution in [0.3, 0.4) is 0 Å². The van der Waals surface area contributed by atoms with E-state index >= 15 is 0 Å². The Balaban J connectivity index is 2.65. The summed E-state index contributed by atoms with van der Waals surface area (Å²) in [5, 5.41) is 0. The zero-order valence-corrected chi connectivity index (χ0v) is 13.5. The zero-order valence-electron chi connectivity index (χ0n) is 13.5. The lowest BCUT2D eigenvalue weighted by Crippen LogP contribution is -2.37. The molecule has 0 amide bonds. The van der Waals surface area contributed by atoms with Crippen LogP contribution in [0.1, 0.15) is 29.8 Å². The van der Waals surface area contributed by atoms with E-state index in [2.05, 4.69) is 37.7 Å². The number of aryl methyl sites for hydroxylation is 1. The molecule has 0 heterocycles. The number of carbonyl (C=O) groups excluding carboxylic acids is 1. The molecule has 0 atom stereocenters. The molecule has 112 valence electrons. The van der Waals surface area contributed by atoms with Crippen LogP contribution in [0.2, 0.25) is 0 Å². The Morgan fingerprint density at radius 3 is 2.45 bits per heavy atom. The molecule has 0 aliphatic carbocycles. The molecule has 0 unspecified atom stereocenters. The number of ketones is 1. The Morgan fingerprint density at radius 1 is 1.20 bits per heavy atom. The maximum atomic E-state index is 12.4. The first kappa shape index (κ1) is 16.9. The Kier molecular flexibility index (Phi) is 6.89. The first-order valence-electron chi connectivity index (χ1n) is 7.35. The van der Waals surface area contributed by atoms with Gasteiger partial charge in [0.1, 0.15) is 0 Å². The maximum Gasteiger partial charge on any atom is 0.176 e. The molecule has 3 heteroatoms. The monoisotopic (exact) mass is 276 g/mol. The van der Waals surface area contributed by atoms with Crippen molar-refractivity contribution in [2.45, 2.75) is 20.8 Å². The third-order valence-electron chi connectivity index (χ3n) is 3.19. The van der Waals surface area contributed by atoms with E-state index in [1.54, 1.807) is 0 Å². The predicted octanol–water partition coefficient (Wildman–Crippen LogP) is 2.70. The van der Waals surface area contributed by atoms with Gasteiger partial charge in [0.25, 0.3) is 0 Å². The number of hydrogen-bond donors (Lipinski definition) is 0. The quantitative estimate of drug-likeness (QED) is 0.682. The van der Waals surface area contributed by atoms with Crippen LogP contribution in [-0.2, 0) is 0 Å². The fourth-order valence-corrected chi connectivity index (χ4v) is 2.21. The lowest BCUT2D eigenvalue weighted by atomic mass is 10.1. The van der Waals surface area contributed by atoms with E-state index in [0.29, 0.717) is 12.5 Å². The van der Waals surface area contributed by atoms with E-state index in [4.69, 9.17) is 0 Å². The molecule has 0 saturated carbocycles. The number of rotatable bonds is 8. The Bertz CT molecular complexity index is 427. The number of benzene rings is 1. The highest BCUT2D eigenvalue weighted by Crippen LogP contribution is 2.07. The minimum Gasteiger partial charge on any atom is -0.308 e. The van der Waals surface area contributed by atoms with Gasteiger partial charge in [-0.1, -0.05) is 37.6 Å². The zero-order chi connectivity index (χ0) is 15.1. The van der Waals surface area contributed by atoms with Crippen LogP contribution in [0.15, 0.2) is 24.3 Å². The molecular weight excluding hydrogens is 248 g/mol. The third kappa shape index (κ3) is 6.31. The molecule has 0 fully saturated rings. The molecular formula is C17H28N2O. The fraction of sp³-hybridized carbons (Fsp3) is 0.588. The van der Waals surface area contributed by atoms with Crippen molar-refractivity contribution >= 4 is 5.78 Å². The van der Waals surface area contributed by atoms with Crippen molar-refractivity contribution in [3.05, 3.63) is 35.4 Å². The third-order valence-corrected chi connectivity index (χ3v) is 3.19. The number of hydrogen-bond acceptors (Lipinski definition) is 3. The summed E-state index contributed by atoms with van der Waals surface area (Å²) in [5.74, 6) is 0.788. The first-order valence-corrected chi connectivity index (χ1v) is 7.35.